The minimum absolute atomic E-state index is 0.137. The lowest BCUT2D eigenvalue weighted by Crippen LogP contribution is -2.53. The maximum absolute atomic E-state index is 13.2. The van der Waals surface area contributed by atoms with Gasteiger partial charge in [-0.05, 0) is 36.3 Å². The third-order valence-corrected chi connectivity index (χ3v) is 5.24. The van der Waals surface area contributed by atoms with Crippen molar-refractivity contribution in [3.8, 4) is 0 Å². The fraction of sp³-hybridized carbons (Fsp3) is 0.462. The summed E-state index contributed by atoms with van der Waals surface area (Å²) in [5.41, 5.74) is 2.03. The zero-order valence-electron chi connectivity index (χ0n) is 20.0. The van der Waals surface area contributed by atoms with Crippen molar-refractivity contribution in [2.45, 2.75) is 58.1 Å². The molecule has 0 aromatic heterocycles. The van der Waals surface area contributed by atoms with E-state index in [1.54, 1.807) is 14.2 Å². The molecule has 180 valence electrons. The van der Waals surface area contributed by atoms with Crippen molar-refractivity contribution in [1.29, 1.82) is 0 Å². The molecule has 2 aromatic rings. The summed E-state index contributed by atoms with van der Waals surface area (Å²) in [5.74, 6) is -0.101. The van der Waals surface area contributed by atoms with E-state index in [1.165, 1.54) is 0 Å². The summed E-state index contributed by atoms with van der Waals surface area (Å²) in [5, 5.41) is 5.73. The Balaban J connectivity index is 2.01. The molecule has 0 aliphatic carbocycles. The quantitative estimate of drug-likeness (QED) is 0.444. The van der Waals surface area contributed by atoms with Gasteiger partial charge in [-0.15, -0.1) is 0 Å². The first-order valence-corrected chi connectivity index (χ1v) is 11.3. The monoisotopic (exact) mass is 456 g/mol. The third kappa shape index (κ3) is 9.63. The molecule has 2 N–H and O–H groups in total. The number of alkyl carbamates (subject to hydrolysis) is 1. The minimum Gasteiger partial charge on any atom is -0.445 e. The average molecular weight is 457 g/mol. The lowest BCUT2D eigenvalue weighted by molar-refractivity contribution is -0.139. The normalized spacial score (nSPS) is 12.9. The first kappa shape index (κ1) is 26.4. The van der Waals surface area contributed by atoms with Gasteiger partial charge in [-0.1, -0.05) is 74.5 Å². The van der Waals surface area contributed by atoms with Gasteiger partial charge in [0.15, 0.2) is 6.29 Å². The highest BCUT2D eigenvalue weighted by atomic mass is 16.7. The van der Waals surface area contributed by atoms with Gasteiger partial charge in [-0.25, -0.2) is 4.79 Å². The summed E-state index contributed by atoms with van der Waals surface area (Å²) in [4.78, 5) is 25.5. The second-order valence-corrected chi connectivity index (χ2v) is 8.37. The van der Waals surface area contributed by atoms with E-state index in [-0.39, 0.29) is 24.5 Å². The van der Waals surface area contributed by atoms with Gasteiger partial charge >= 0.3 is 6.09 Å². The summed E-state index contributed by atoms with van der Waals surface area (Å²) >= 11 is 0. The van der Waals surface area contributed by atoms with Crippen LogP contribution in [0.25, 0.3) is 0 Å². The SMILES string of the molecule is COC(OC)C(CCc1ccccc1)NC(=O)C(CC(C)C)NC(=O)OCc1ccccc1. The molecule has 33 heavy (non-hydrogen) atoms. The van der Waals surface area contributed by atoms with Crippen molar-refractivity contribution < 1.29 is 23.8 Å². The van der Waals surface area contributed by atoms with Crippen LogP contribution in [0.15, 0.2) is 60.7 Å². The zero-order chi connectivity index (χ0) is 24.1. The molecule has 2 unspecified atom stereocenters. The molecule has 0 bridgehead atoms. The standard InChI is InChI=1S/C26H36N2O5/c1-19(2)17-23(28-26(30)33-18-21-13-9-6-10-14-21)24(29)27-22(25(31-3)32-4)16-15-20-11-7-5-8-12-20/h5-14,19,22-23,25H,15-18H2,1-4H3,(H,27,29)(H,28,30). The molecule has 2 rings (SSSR count). The topological polar surface area (TPSA) is 85.9 Å². The molecule has 0 aliphatic heterocycles. The summed E-state index contributed by atoms with van der Waals surface area (Å²) in [6.45, 7) is 4.13. The number of aryl methyl sites for hydroxylation is 1. The highest BCUT2D eigenvalue weighted by Crippen LogP contribution is 2.12. The summed E-state index contributed by atoms with van der Waals surface area (Å²) < 4.78 is 16.2. The first-order valence-electron chi connectivity index (χ1n) is 11.3. The highest BCUT2D eigenvalue weighted by Gasteiger charge is 2.28. The predicted octanol–water partition coefficient (Wildman–Crippen LogP) is 4.06. The molecule has 0 radical (unpaired) electrons. The third-order valence-electron chi connectivity index (χ3n) is 5.24. The number of carbonyl (C=O) groups is 2. The molecule has 2 aromatic carbocycles. The van der Waals surface area contributed by atoms with Crippen LogP contribution in [-0.2, 0) is 32.0 Å². The van der Waals surface area contributed by atoms with Crippen molar-refractivity contribution in [2.75, 3.05) is 14.2 Å². The number of methoxy groups -OCH3 is 2. The smallest absolute Gasteiger partial charge is 0.408 e. The van der Waals surface area contributed by atoms with E-state index >= 15 is 0 Å². The number of rotatable bonds is 13. The van der Waals surface area contributed by atoms with Gasteiger partial charge in [-0.3, -0.25) is 4.79 Å². The minimum atomic E-state index is -0.734. The Kier molecular flexibility index (Phi) is 11.4. The second-order valence-electron chi connectivity index (χ2n) is 8.37. The van der Waals surface area contributed by atoms with E-state index in [9.17, 15) is 9.59 Å². The van der Waals surface area contributed by atoms with Crippen LogP contribution in [0.1, 0.15) is 37.8 Å². The number of ether oxygens (including phenoxy) is 3. The summed E-state index contributed by atoms with van der Waals surface area (Å²) in [7, 11) is 3.08. The Morgan fingerprint density at radius 3 is 1.97 bits per heavy atom. The number of amides is 2. The number of benzene rings is 2. The van der Waals surface area contributed by atoms with Crippen LogP contribution in [0, 0.1) is 5.92 Å². The Morgan fingerprint density at radius 1 is 0.848 bits per heavy atom. The Hall–Kier alpha value is -2.90. The van der Waals surface area contributed by atoms with Crippen molar-refractivity contribution >= 4 is 12.0 Å². The van der Waals surface area contributed by atoms with E-state index < -0.39 is 18.4 Å². The van der Waals surface area contributed by atoms with E-state index in [0.717, 1.165) is 17.5 Å². The number of hydrogen-bond donors (Lipinski definition) is 2. The number of carbonyl (C=O) groups excluding carboxylic acids is 2. The molecule has 0 saturated heterocycles. The van der Waals surface area contributed by atoms with Crippen molar-refractivity contribution in [2.24, 2.45) is 5.92 Å². The van der Waals surface area contributed by atoms with Gasteiger partial charge in [0, 0.05) is 14.2 Å². The van der Waals surface area contributed by atoms with E-state index in [4.69, 9.17) is 14.2 Å². The van der Waals surface area contributed by atoms with Gasteiger partial charge in [0.2, 0.25) is 5.91 Å². The Bertz CT molecular complexity index is 825. The van der Waals surface area contributed by atoms with E-state index in [2.05, 4.69) is 10.6 Å². The molecule has 7 heteroatoms. The molecule has 2 atom stereocenters. The fourth-order valence-electron chi connectivity index (χ4n) is 3.56. The van der Waals surface area contributed by atoms with Crippen molar-refractivity contribution in [3.63, 3.8) is 0 Å². The van der Waals surface area contributed by atoms with Crippen LogP contribution < -0.4 is 10.6 Å². The summed E-state index contributed by atoms with van der Waals surface area (Å²) in [6.07, 6.45) is 0.603. The van der Waals surface area contributed by atoms with E-state index in [1.807, 2.05) is 74.5 Å². The molecule has 7 nitrogen and oxygen atoms in total. The predicted molar refractivity (Wildman–Crippen MR) is 128 cm³/mol. The van der Waals surface area contributed by atoms with Gasteiger partial charge in [0.25, 0.3) is 0 Å². The molecular formula is C26H36N2O5. The molecule has 0 aliphatic rings. The maximum atomic E-state index is 13.2. The van der Waals surface area contributed by atoms with Crippen molar-refractivity contribution in [3.05, 3.63) is 71.8 Å². The molecule has 0 fully saturated rings. The largest absolute Gasteiger partial charge is 0.445 e. The van der Waals surface area contributed by atoms with Gasteiger partial charge in [0.1, 0.15) is 12.6 Å². The van der Waals surface area contributed by atoms with Crippen LogP contribution in [-0.4, -0.2) is 44.6 Å². The van der Waals surface area contributed by atoms with Crippen LogP contribution in [0.4, 0.5) is 4.79 Å². The second kappa shape index (κ2) is 14.3. The molecule has 0 saturated carbocycles. The Morgan fingerprint density at radius 2 is 1.42 bits per heavy atom. The van der Waals surface area contributed by atoms with Crippen LogP contribution in [0.2, 0.25) is 0 Å². The van der Waals surface area contributed by atoms with Crippen LogP contribution in [0.3, 0.4) is 0 Å². The fourth-order valence-corrected chi connectivity index (χ4v) is 3.56. The molecular weight excluding hydrogens is 420 g/mol. The molecule has 0 heterocycles. The maximum Gasteiger partial charge on any atom is 0.408 e. The van der Waals surface area contributed by atoms with Crippen LogP contribution >= 0.6 is 0 Å². The highest BCUT2D eigenvalue weighted by molar-refractivity contribution is 5.85. The first-order chi connectivity index (χ1) is 15.9. The van der Waals surface area contributed by atoms with Crippen molar-refractivity contribution in [1.82, 2.24) is 10.6 Å². The number of nitrogens with one attached hydrogen (secondary N) is 2. The van der Waals surface area contributed by atoms with Crippen LogP contribution in [0.5, 0.6) is 0 Å². The lowest BCUT2D eigenvalue weighted by atomic mass is 10.0. The molecule has 0 spiro atoms. The number of hydrogen-bond acceptors (Lipinski definition) is 5. The Labute approximate surface area is 196 Å². The average Bonchev–Trinajstić information content (AvgIpc) is 2.82. The molecule has 2 amide bonds. The van der Waals surface area contributed by atoms with Gasteiger partial charge < -0.3 is 24.8 Å². The van der Waals surface area contributed by atoms with Gasteiger partial charge in [-0.2, -0.15) is 0 Å². The summed E-state index contributed by atoms with van der Waals surface area (Å²) in [6, 6.07) is 18.3. The van der Waals surface area contributed by atoms with Gasteiger partial charge in [0.05, 0.1) is 6.04 Å². The zero-order valence-corrected chi connectivity index (χ0v) is 20.0. The lowest BCUT2D eigenvalue weighted by Gasteiger charge is -2.28. The van der Waals surface area contributed by atoms with E-state index in [0.29, 0.717) is 12.8 Å².